The lowest BCUT2D eigenvalue weighted by atomic mass is 9.99. The number of carbonyl (C=O) groups excluding carboxylic acids is 2. The number of rotatable bonds is 8. The molecule has 2 aromatic carbocycles. The molecule has 6 heteroatoms. The molecule has 1 N–H and O–H groups in total. The molecule has 0 saturated carbocycles. The Kier molecular flexibility index (Phi) is 7.14. The van der Waals surface area contributed by atoms with Gasteiger partial charge in [-0.25, -0.2) is 4.39 Å². The average Bonchev–Trinajstić information content (AvgIpc) is 2.66. The lowest BCUT2D eigenvalue weighted by Gasteiger charge is -2.18. The highest BCUT2D eigenvalue weighted by Crippen LogP contribution is 2.13. The summed E-state index contributed by atoms with van der Waals surface area (Å²) >= 11 is 0. The van der Waals surface area contributed by atoms with E-state index >= 15 is 0 Å². The van der Waals surface area contributed by atoms with Crippen molar-refractivity contribution >= 4 is 11.9 Å². The summed E-state index contributed by atoms with van der Waals surface area (Å²) in [6.07, 6.45) is -0.372. The van der Waals surface area contributed by atoms with E-state index < -0.39 is 18.0 Å². The minimum Gasteiger partial charge on any atom is -0.481 e. The number of hydrogen-bond acceptors (Lipinski definition) is 4. The maximum Gasteiger partial charge on any atom is 0.310 e. The Morgan fingerprint density at radius 2 is 1.73 bits per heavy atom. The van der Waals surface area contributed by atoms with Crippen LogP contribution in [-0.2, 0) is 20.7 Å². The number of nitrogens with one attached hydrogen (secondary N) is 1. The van der Waals surface area contributed by atoms with Gasteiger partial charge < -0.3 is 14.8 Å². The van der Waals surface area contributed by atoms with Crippen LogP contribution < -0.4 is 10.1 Å². The molecule has 5 nitrogen and oxygen atoms in total. The van der Waals surface area contributed by atoms with Gasteiger partial charge in [-0.2, -0.15) is 0 Å². The van der Waals surface area contributed by atoms with E-state index in [4.69, 9.17) is 9.47 Å². The Morgan fingerprint density at radius 1 is 1.08 bits per heavy atom. The zero-order chi connectivity index (χ0) is 18.9. The van der Waals surface area contributed by atoms with Gasteiger partial charge in [-0.3, -0.25) is 9.59 Å². The van der Waals surface area contributed by atoms with Crippen LogP contribution in [-0.4, -0.2) is 31.6 Å². The van der Waals surface area contributed by atoms with Gasteiger partial charge in [0.1, 0.15) is 11.6 Å². The second-order valence-electron chi connectivity index (χ2n) is 5.87. The molecule has 1 amide bonds. The van der Waals surface area contributed by atoms with E-state index in [0.29, 0.717) is 12.2 Å². The van der Waals surface area contributed by atoms with Gasteiger partial charge in [-0.15, -0.1) is 0 Å². The minimum atomic E-state index is -0.707. The average molecular weight is 359 g/mol. The highest BCUT2D eigenvalue weighted by atomic mass is 19.1. The number of ether oxygens (including phenoxy) is 2. The molecule has 0 aliphatic heterocycles. The lowest BCUT2D eigenvalue weighted by molar-refractivity contribution is -0.145. The standard InChI is InChI=1S/C20H22FNO4/c1-14(26-18-6-4-3-5-7-18)19(23)22-13-16(20(24)25-2)12-15-8-10-17(21)11-9-15/h3-11,14,16H,12-13H2,1-2H3,(H,22,23)/t14-,16+/m1/s1. The Balaban J connectivity index is 1.92. The Hall–Kier alpha value is -2.89. The molecule has 0 saturated heterocycles. The van der Waals surface area contributed by atoms with E-state index in [9.17, 15) is 14.0 Å². The number of benzene rings is 2. The van der Waals surface area contributed by atoms with E-state index in [0.717, 1.165) is 5.56 Å². The van der Waals surface area contributed by atoms with Crippen molar-refractivity contribution in [2.45, 2.75) is 19.4 Å². The largest absolute Gasteiger partial charge is 0.481 e. The predicted molar refractivity (Wildman–Crippen MR) is 95.2 cm³/mol. The van der Waals surface area contributed by atoms with Crippen molar-refractivity contribution in [3.63, 3.8) is 0 Å². The minimum absolute atomic E-state index is 0.103. The Labute approximate surface area is 152 Å². The molecule has 138 valence electrons. The molecule has 0 spiro atoms. The van der Waals surface area contributed by atoms with E-state index in [1.807, 2.05) is 18.2 Å². The smallest absolute Gasteiger partial charge is 0.310 e. The normalized spacial score (nSPS) is 12.7. The highest BCUT2D eigenvalue weighted by molar-refractivity contribution is 5.81. The topological polar surface area (TPSA) is 64.6 Å². The molecule has 0 heterocycles. The first kappa shape index (κ1) is 19.4. The monoisotopic (exact) mass is 359 g/mol. The molecular weight excluding hydrogens is 337 g/mol. The first-order valence-electron chi connectivity index (χ1n) is 8.31. The summed E-state index contributed by atoms with van der Waals surface area (Å²) < 4.78 is 23.4. The molecule has 0 fully saturated rings. The second kappa shape index (κ2) is 9.56. The third kappa shape index (κ3) is 5.88. The van der Waals surface area contributed by atoms with Crippen LogP contribution in [0.4, 0.5) is 4.39 Å². The summed E-state index contributed by atoms with van der Waals surface area (Å²) in [7, 11) is 1.29. The molecule has 0 aliphatic rings. The van der Waals surface area contributed by atoms with Crippen LogP contribution in [0.2, 0.25) is 0 Å². The third-order valence-corrected chi connectivity index (χ3v) is 3.88. The first-order chi connectivity index (χ1) is 12.5. The van der Waals surface area contributed by atoms with Crippen LogP contribution in [0.5, 0.6) is 5.75 Å². The van der Waals surface area contributed by atoms with Crippen molar-refractivity contribution in [3.05, 3.63) is 66.0 Å². The molecule has 2 atom stereocenters. The van der Waals surface area contributed by atoms with Gasteiger partial charge in [-0.1, -0.05) is 30.3 Å². The third-order valence-electron chi connectivity index (χ3n) is 3.88. The van der Waals surface area contributed by atoms with Crippen molar-refractivity contribution in [1.29, 1.82) is 0 Å². The summed E-state index contributed by atoms with van der Waals surface area (Å²) in [5.41, 5.74) is 0.782. The molecule has 2 aromatic rings. The van der Waals surface area contributed by atoms with Gasteiger partial charge in [0.15, 0.2) is 6.10 Å². The van der Waals surface area contributed by atoms with Crippen LogP contribution in [0.25, 0.3) is 0 Å². The Bertz CT molecular complexity index is 718. The van der Waals surface area contributed by atoms with Gasteiger partial charge >= 0.3 is 5.97 Å². The van der Waals surface area contributed by atoms with Crippen molar-refractivity contribution in [2.24, 2.45) is 5.92 Å². The number of amides is 1. The Morgan fingerprint density at radius 3 is 2.35 bits per heavy atom. The fourth-order valence-electron chi connectivity index (χ4n) is 2.43. The lowest BCUT2D eigenvalue weighted by Crippen LogP contribution is -2.41. The molecule has 0 radical (unpaired) electrons. The van der Waals surface area contributed by atoms with Crippen LogP contribution in [0.1, 0.15) is 12.5 Å². The summed E-state index contributed by atoms with van der Waals surface area (Å²) in [5.74, 6) is -1.10. The SMILES string of the molecule is COC(=O)[C@H](CNC(=O)[C@@H](C)Oc1ccccc1)Cc1ccc(F)cc1. The first-order valence-corrected chi connectivity index (χ1v) is 8.31. The number of para-hydroxylation sites is 1. The van der Waals surface area contributed by atoms with E-state index in [1.54, 1.807) is 31.2 Å². The maximum absolute atomic E-state index is 13.0. The quantitative estimate of drug-likeness (QED) is 0.736. The van der Waals surface area contributed by atoms with Gasteiger partial charge in [-0.05, 0) is 43.2 Å². The molecule has 26 heavy (non-hydrogen) atoms. The molecule has 0 aromatic heterocycles. The van der Waals surface area contributed by atoms with Crippen molar-refractivity contribution < 1.29 is 23.5 Å². The fraction of sp³-hybridized carbons (Fsp3) is 0.300. The molecule has 0 aliphatic carbocycles. The van der Waals surface area contributed by atoms with Crippen molar-refractivity contribution in [3.8, 4) is 5.75 Å². The van der Waals surface area contributed by atoms with E-state index in [1.165, 1.54) is 19.2 Å². The molecule has 2 rings (SSSR count). The van der Waals surface area contributed by atoms with Crippen molar-refractivity contribution in [2.75, 3.05) is 13.7 Å². The highest BCUT2D eigenvalue weighted by Gasteiger charge is 2.22. The summed E-state index contributed by atoms with van der Waals surface area (Å²) in [6, 6.07) is 14.9. The molecule has 0 bridgehead atoms. The number of hydrogen-bond donors (Lipinski definition) is 1. The molecular formula is C20H22FNO4. The van der Waals surface area contributed by atoms with Crippen LogP contribution in [0.15, 0.2) is 54.6 Å². The molecule has 0 unspecified atom stereocenters. The fourth-order valence-corrected chi connectivity index (χ4v) is 2.43. The van der Waals surface area contributed by atoms with Gasteiger partial charge in [0.05, 0.1) is 13.0 Å². The predicted octanol–water partition coefficient (Wildman–Crippen LogP) is 2.74. The van der Waals surface area contributed by atoms with Crippen molar-refractivity contribution in [1.82, 2.24) is 5.32 Å². The van der Waals surface area contributed by atoms with Gasteiger partial charge in [0, 0.05) is 6.54 Å². The summed E-state index contributed by atoms with van der Waals surface area (Å²) in [5, 5.41) is 2.71. The zero-order valence-corrected chi connectivity index (χ0v) is 14.8. The summed E-state index contributed by atoms with van der Waals surface area (Å²) in [4.78, 5) is 24.2. The number of halogens is 1. The van der Waals surface area contributed by atoms with Gasteiger partial charge in [0.2, 0.25) is 0 Å². The van der Waals surface area contributed by atoms with Crippen LogP contribution in [0, 0.1) is 11.7 Å². The van der Waals surface area contributed by atoms with Gasteiger partial charge in [0.25, 0.3) is 5.91 Å². The van der Waals surface area contributed by atoms with Crippen LogP contribution in [0.3, 0.4) is 0 Å². The zero-order valence-electron chi connectivity index (χ0n) is 14.8. The number of carbonyl (C=O) groups is 2. The number of esters is 1. The summed E-state index contributed by atoms with van der Waals surface area (Å²) in [6.45, 7) is 1.74. The second-order valence-corrected chi connectivity index (χ2v) is 5.87. The van der Waals surface area contributed by atoms with E-state index in [2.05, 4.69) is 5.32 Å². The number of methoxy groups -OCH3 is 1. The maximum atomic E-state index is 13.0. The van der Waals surface area contributed by atoms with E-state index in [-0.39, 0.29) is 18.3 Å². The van der Waals surface area contributed by atoms with Crippen LogP contribution >= 0.6 is 0 Å².